The summed E-state index contributed by atoms with van der Waals surface area (Å²) >= 11 is 0. The van der Waals surface area contributed by atoms with Gasteiger partial charge in [-0.25, -0.2) is 8.78 Å². The van der Waals surface area contributed by atoms with E-state index in [-0.39, 0.29) is 23.6 Å². The fraction of sp³-hybridized carbons (Fsp3) is 0.516. The summed E-state index contributed by atoms with van der Waals surface area (Å²) in [7, 11) is 0. The Morgan fingerprint density at radius 1 is 1.00 bits per heavy atom. The molecule has 1 unspecified atom stereocenters. The fourth-order valence-electron chi connectivity index (χ4n) is 6.00. The molecule has 1 atom stereocenters. The predicted molar refractivity (Wildman–Crippen MR) is 144 cm³/mol. The summed E-state index contributed by atoms with van der Waals surface area (Å²) in [5.41, 5.74) is 1.70. The molecule has 2 fully saturated rings. The molecule has 0 radical (unpaired) electrons. The largest absolute Gasteiger partial charge is 0.460 e. The SMILES string of the molecule is CCCCc1oc2ccccc2c1C(=O)N1CCC(OCCCN2CCCC2c2c(F)cccc2F)CC1. The second kappa shape index (κ2) is 12.4. The third-order valence-corrected chi connectivity index (χ3v) is 8.01. The van der Waals surface area contributed by atoms with Gasteiger partial charge in [-0.1, -0.05) is 37.6 Å². The normalized spacial score (nSPS) is 19.0. The lowest BCUT2D eigenvalue weighted by molar-refractivity contribution is 0.00501. The second-order valence-electron chi connectivity index (χ2n) is 10.5. The topological polar surface area (TPSA) is 45.9 Å². The van der Waals surface area contributed by atoms with E-state index < -0.39 is 11.6 Å². The van der Waals surface area contributed by atoms with Crippen molar-refractivity contribution in [2.24, 2.45) is 0 Å². The highest BCUT2D eigenvalue weighted by atomic mass is 19.1. The molecular weight excluding hydrogens is 486 g/mol. The Labute approximate surface area is 223 Å². The maximum absolute atomic E-state index is 14.3. The third kappa shape index (κ3) is 5.79. The van der Waals surface area contributed by atoms with Crippen molar-refractivity contribution in [2.45, 2.75) is 70.4 Å². The minimum absolute atomic E-state index is 0.0555. The van der Waals surface area contributed by atoms with E-state index in [9.17, 15) is 13.6 Å². The highest BCUT2D eigenvalue weighted by Crippen LogP contribution is 2.35. The molecule has 0 saturated carbocycles. The quantitative estimate of drug-likeness (QED) is 0.271. The molecule has 2 aliphatic heterocycles. The number of nitrogens with zero attached hydrogens (tertiary/aromatic N) is 2. The number of ether oxygens (including phenoxy) is 1. The average molecular weight is 525 g/mol. The van der Waals surface area contributed by atoms with Crippen LogP contribution in [0.25, 0.3) is 11.0 Å². The molecule has 1 amide bonds. The van der Waals surface area contributed by atoms with Gasteiger partial charge in [-0.05, 0) is 63.3 Å². The van der Waals surface area contributed by atoms with Crippen LogP contribution in [0.5, 0.6) is 0 Å². The Balaban J connectivity index is 1.10. The number of fused-ring (bicyclic) bond motifs is 1. The Kier molecular flexibility index (Phi) is 8.75. The number of rotatable bonds is 10. The number of likely N-dealkylation sites (tertiary alicyclic amines) is 2. The number of hydrogen-bond donors (Lipinski definition) is 0. The van der Waals surface area contributed by atoms with Gasteiger partial charge in [0.15, 0.2) is 0 Å². The van der Waals surface area contributed by atoms with Crippen molar-refractivity contribution in [3.05, 3.63) is 71.0 Å². The second-order valence-corrected chi connectivity index (χ2v) is 10.5. The smallest absolute Gasteiger partial charge is 0.258 e. The number of aryl methyl sites for hydroxylation is 1. The molecule has 5 rings (SSSR count). The van der Waals surface area contributed by atoms with Gasteiger partial charge in [0.25, 0.3) is 5.91 Å². The molecule has 5 nitrogen and oxygen atoms in total. The summed E-state index contributed by atoms with van der Waals surface area (Å²) in [6, 6.07) is 11.7. The monoisotopic (exact) mass is 524 g/mol. The number of benzene rings is 2. The number of unbranched alkanes of at least 4 members (excludes halogenated alkanes) is 1. The van der Waals surface area contributed by atoms with Gasteiger partial charge in [-0.2, -0.15) is 0 Å². The Morgan fingerprint density at radius 3 is 2.53 bits per heavy atom. The van der Waals surface area contributed by atoms with E-state index in [1.54, 1.807) is 0 Å². The first-order valence-corrected chi connectivity index (χ1v) is 14.2. The molecule has 3 heterocycles. The molecule has 7 heteroatoms. The minimum Gasteiger partial charge on any atom is -0.460 e. The highest BCUT2D eigenvalue weighted by Gasteiger charge is 2.31. The maximum atomic E-state index is 14.3. The van der Waals surface area contributed by atoms with Gasteiger partial charge in [0, 0.05) is 49.7 Å². The molecule has 204 valence electrons. The van der Waals surface area contributed by atoms with E-state index in [4.69, 9.17) is 9.15 Å². The van der Waals surface area contributed by atoms with E-state index in [2.05, 4.69) is 11.8 Å². The number of carbonyl (C=O) groups excluding carboxylic acids is 1. The number of piperidine rings is 1. The highest BCUT2D eigenvalue weighted by molar-refractivity contribution is 6.07. The van der Waals surface area contributed by atoms with Gasteiger partial charge in [0.1, 0.15) is 23.0 Å². The van der Waals surface area contributed by atoms with Crippen LogP contribution in [0.3, 0.4) is 0 Å². The van der Waals surface area contributed by atoms with Crippen molar-refractivity contribution >= 4 is 16.9 Å². The first-order chi connectivity index (χ1) is 18.6. The number of hydrogen-bond acceptors (Lipinski definition) is 4. The van der Waals surface area contributed by atoms with Crippen molar-refractivity contribution in [1.82, 2.24) is 9.80 Å². The molecule has 2 aromatic carbocycles. The fourth-order valence-corrected chi connectivity index (χ4v) is 6.00. The van der Waals surface area contributed by atoms with Crippen molar-refractivity contribution < 1.29 is 22.7 Å². The van der Waals surface area contributed by atoms with Gasteiger partial charge in [-0.15, -0.1) is 0 Å². The first-order valence-electron chi connectivity index (χ1n) is 14.2. The standard InChI is InChI=1S/C31H38F2N2O3/c1-2-3-13-28-29(23-9-4-5-14-27(23)38-28)31(36)35-19-15-22(16-20-35)37-21-8-18-34-17-7-12-26(34)30-24(32)10-6-11-25(30)33/h4-6,9-11,14,22,26H,2-3,7-8,12-13,15-21H2,1H3. The molecule has 2 aliphatic rings. The van der Waals surface area contributed by atoms with Crippen LogP contribution in [0.4, 0.5) is 8.78 Å². The molecule has 0 spiro atoms. The summed E-state index contributed by atoms with van der Waals surface area (Å²) < 4.78 is 40.9. The Hall–Kier alpha value is -2.77. The van der Waals surface area contributed by atoms with E-state index in [1.165, 1.54) is 18.2 Å². The van der Waals surface area contributed by atoms with Crippen molar-refractivity contribution in [2.75, 3.05) is 32.8 Å². The van der Waals surface area contributed by atoms with Crippen LogP contribution in [-0.4, -0.2) is 54.6 Å². The van der Waals surface area contributed by atoms with Crippen LogP contribution in [0, 0.1) is 11.6 Å². The zero-order valence-corrected chi connectivity index (χ0v) is 22.3. The average Bonchev–Trinajstić information content (AvgIpc) is 3.54. The van der Waals surface area contributed by atoms with Crippen LogP contribution in [0.2, 0.25) is 0 Å². The maximum Gasteiger partial charge on any atom is 0.258 e. The summed E-state index contributed by atoms with van der Waals surface area (Å²) in [6.07, 6.45) is 7.07. The zero-order valence-electron chi connectivity index (χ0n) is 22.3. The van der Waals surface area contributed by atoms with Crippen LogP contribution < -0.4 is 0 Å². The van der Waals surface area contributed by atoms with E-state index >= 15 is 0 Å². The van der Waals surface area contributed by atoms with Crippen molar-refractivity contribution in [3.63, 3.8) is 0 Å². The van der Waals surface area contributed by atoms with Gasteiger partial charge in [0.2, 0.25) is 0 Å². The van der Waals surface area contributed by atoms with Gasteiger partial charge in [-0.3, -0.25) is 9.69 Å². The molecule has 1 aromatic heterocycles. The van der Waals surface area contributed by atoms with E-state index in [1.807, 2.05) is 29.2 Å². The summed E-state index contributed by atoms with van der Waals surface area (Å²) in [4.78, 5) is 17.6. The predicted octanol–water partition coefficient (Wildman–Crippen LogP) is 6.90. The molecule has 0 N–H and O–H groups in total. The van der Waals surface area contributed by atoms with Gasteiger partial charge >= 0.3 is 0 Å². The van der Waals surface area contributed by atoms with Gasteiger partial charge < -0.3 is 14.1 Å². The molecule has 2 saturated heterocycles. The number of halogens is 2. The number of para-hydroxylation sites is 1. The molecule has 0 aliphatic carbocycles. The first kappa shape index (κ1) is 26.8. The lowest BCUT2D eigenvalue weighted by atomic mass is 10.0. The number of carbonyl (C=O) groups is 1. The van der Waals surface area contributed by atoms with Gasteiger partial charge in [0.05, 0.1) is 11.7 Å². The Morgan fingerprint density at radius 2 is 1.76 bits per heavy atom. The van der Waals surface area contributed by atoms with Crippen LogP contribution in [0.15, 0.2) is 46.9 Å². The third-order valence-electron chi connectivity index (χ3n) is 8.01. The van der Waals surface area contributed by atoms with Crippen molar-refractivity contribution in [1.29, 1.82) is 0 Å². The lowest BCUT2D eigenvalue weighted by Gasteiger charge is -2.32. The lowest BCUT2D eigenvalue weighted by Crippen LogP contribution is -2.41. The minimum atomic E-state index is -0.458. The molecule has 3 aromatic rings. The summed E-state index contributed by atoms with van der Waals surface area (Å²) in [5, 5.41) is 0.900. The number of amides is 1. The van der Waals surface area contributed by atoms with E-state index in [0.29, 0.717) is 19.7 Å². The van der Waals surface area contributed by atoms with Crippen LogP contribution >= 0.6 is 0 Å². The van der Waals surface area contributed by atoms with Crippen LogP contribution in [-0.2, 0) is 11.2 Å². The number of furan rings is 1. The summed E-state index contributed by atoms with van der Waals surface area (Å²) in [5.74, 6) is -0.0624. The van der Waals surface area contributed by atoms with Crippen LogP contribution in [0.1, 0.15) is 79.6 Å². The summed E-state index contributed by atoms with van der Waals surface area (Å²) in [6.45, 7) is 5.68. The van der Waals surface area contributed by atoms with Crippen molar-refractivity contribution in [3.8, 4) is 0 Å². The zero-order chi connectivity index (χ0) is 26.5. The Bertz CT molecular complexity index is 1210. The molecule has 0 bridgehead atoms. The molecule has 38 heavy (non-hydrogen) atoms. The molecular formula is C31H38F2N2O3. The van der Waals surface area contributed by atoms with E-state index in [0.717, 1.165) is 86.7 Å².